The molecule has 0 bridgehead atoms. The van der Waals surface area contributed by atoms with Gasteiger partial charge in [-0.05, 0) is 61.7 Å². The zero-order valence-corrected chi connectivity index (χ0v) is 27.4. The molecule has 3 saturated heterocycles. The van der Waals surface area contributed by atoms with Crippen molar-refractivity contribution < 1.29 is 32.5 Å². The highest BCUT2D eigenvalue weighted by molar-refractivity contribution is 5.98. The lowest BCUT2D eigenvalue weighted by Crippen LogP contribution is -2.43. The van der Waals surface area contributed by atoms with Crippen molar-refractivity contribution in [1.82, 2.24) is 14.9 Å². The fourth-order valence-corrected chi connectivity index (χ4v) is 8.15. The zero-order chi connectivity index (χ0) is 32.7. The summed E-state index contributed by atoms with van der Waals surface area (Å²) < 4.78 is 52.1. The lowest BCUT2D eigenvalue weighted by molar-refractivity contribution is -0.144. The number of carbonyl (C=O) groups excluding carboxylic acids is 1. The van der Waals surface area contributed by atoms with Crippen LogP contribution in [-0.2, 0) is 33.7 Å². The normalized spacial score (nSPS) is 24.1. The number of alkyl halides is 1. The molecule has 3 fully saturated rings. The topological polar surface area (TPSA) is 89.5 Å². The number of fused-ring (bicyclic) bond motifs is 3. The van der Waals surface area contributed by atoms with Crippen molar-refractivity contribution in [3.8, 4) is 11.8 Å². The molecule has 5 heterocycles. The summed E-state index contributed by atoms with van der Waals surface area (Å²) >= 11 is 0. The fraction of sp³-hybridized carbons (Fsp3) is 0.571. The van der Waals surface area contributed by atoms with Crippen molar-refractivity contribution in [2.45, 2.75) is 63.7 Å². The Bertz CT molecular complexity index is 1660. The maximum atomic E-state index is 15.2. The minimum absolute atomic E-state index is 0.0946. The molecular weight excluding hydrogens is 608 g/mol. The summed E-state index contributed by atoms with van der Waals surface area (Å²) in [5.41, 5.74) is 3.02. The molecule has 2 aromatic carbocycles. The molecule has 1 aromatic heterocycles. The third-order valence-electron chi connectivity index (χ3n) is 10.4. The second-order valence-electron chi connectivity index (χ2n) is 13.2. The predicted octanol–water partition coefficient (Wildman–Crippen LogP) is 4.83. The molecule has 3 aromatic rings. The Balaban J connectivity index is 1.25. The Labute approximate surface area is 273 Å². The maximum absolute atomic E-state index is 15.2. The van der Waals surface area contributed by atoms with Crippen LogP contribution < -0.4 is 19.3 Å². The van der Waals surface area contributed by atoms with Crippen LogP contribution in [0.1, 0.15) is 49.4 Å². The van der Waals surface area contributed by atoms with E-state index in [2.05, 4.69) is 14.7 Å². The zero-order valence-electron chi connectivity index (χ0n) is 27.4. The molecule has 1 unspecified atom stereocenters. The van der Waals surface area contributed by atoms with Gasteiger partial charge in [-0.1, -0.05) is 13.0 Å². The number of hydrogen-bond acceptors (Lipinski definition) is 10. The molecule has 10 nitrogen and oxygen atoms in total. The number of nitrogens with zero attached hydrogens (tertiary/aromatic N) is 5. The van der Waals surface area contributed by atoms with Gasteiger partial charge in [0.25, 0.3) is 0 Å². The average molecular weight is 652 g/mol. The Morgan fingerprint density at radius 2 is 1.96 bits per heavy atom. The van der Waals surface area contributed by atoms with E-state index >= 15 is 4.39 Å². The molecule has 0 amide bonds. The van der Waals surface area contributed by atoms with Gasteiger partial charge in [-0.2, -0.15) is 9.97 Å². The standard InChI is InChI=1S/C35H43F2N5O5/c1-4-26-28(37)7-6-22-14-25(47-21-44-2)15-30(31(22)26)40-13-9-27-29(19-40)38-34(39-32(27)41-12-8-23(17-41)33(43)45-3)46-20-35-10-5-11-42(35)18-24(36)16-35/h6-7,14-15,23-24H,4-5,8-13,16-21H2,1-3H3/t23?,24-,35+/m1/s1. The third-order valence-corrected chi connectivity index (χ3v) is 10.4. The van der Waals surface area contributed by atoms with Crippen LogP contribution in [0.2, 0.25) is 0 Å². The van der Waals surface area contributed by atoms with Gasteiger partial charge in [0.1, 0.15) is 30.2 Å². The molecule has 47 heavy (non-hydrogen) atoms. The van der Waals surface area contributed by atoms with Crippen molar-refractivity contribution >= 4 is 28.2 Å². The van der Waals surface area contributed by atoms with Crippen LogP contribution in [0, 0.1) is 11.7 Å². The van der Waals surface area contributed by atoms with Crippen LogP contribution >= 0.6 is 0 Å². The van der Waals surface area contributed by atoms with Gasteiger partial charge in [0.15, 0.2) is 6.79 Å². The number of esters is 1. The number of aromatic nitrogens is 2. The molecule has 252 valence electrons. The number of carbonyl (C=O) groups is 1. The summed E-state index contributed by atoms with van der Waals surface area (Å²) in [6, 6.07) is 7.43. The second-order valence-corrected chi connectivity index (χ2v) is 13.2. The molecule has 4 aliphatic rings. The van der Waals surface area contributed by atoms with Crippen molar-refractivity contribution in [2.75, 3.05) is 70.1 Å². The van der Waals surface area contributed by atoms with E-state index in [9.17, 15) is 9.18 Å². The highest BCUT2D eigenvalue weighted by Crippen LogP contribution is 2.42. The van der Waals surface area contributed by atoms with Gasteiger partial charge in [0.05, 0.1) is 30.8 Å². The Hall–Kier alpha value is -3.77. The van der Waals surface area contributed by atoms with Crippen molar-refractivity contribution in [1.29, 1.82) is 0 Å². The summed E-state index contributed by atoms with van der Waals surface area (Å²) in [5.74, 6) is 0.720. The number of halogens is 2. The van der Waals surface area contributed by atoms with Crippen molar-refractivity contribution in [3.63, 3.8) is 0 Å². The quantitative estimate of drug-likeness (QED) is 0.224. The lowest BCUT2D eigenvalue weighted by atomic mass is 9.95. The largest absolute Gasteiger partial charge is 0.469 e. The van der Waals surface area contributed by atoms with Crippen LogP contribution in [0.4, 0.5) is 20.3 Å². The fourth-order valence-electron chi connectivity index (χ4n) is 8.15. The number of rotatable bonds is 10. The summed E-state index contributed by atoms with van der Waals surface area (Å²) in [6.45, 7) is 5.96. The first kappa shape index (κ1) is 31.8. The van der Waals surface area contributed by atoms with Gasteiger partial charge in [-0.25, -0.2) is 8.78 Å². The molecule has 4 aliphatic heterocycles. The summed E-state index contributed by atoms with van der Waals surface area (Å²) in [6.07, 6.45) is 3.36. The van der Waals surface area contributed by atoms with Gasteiger partial charge in [0.2, 0.25) is 0 Å². The number of anilines is 2. The molecular formula is C35H43F2N5O5. The average Bonchev–Trinajstić information content (AvgIpc) is 3.80. The summed E-state index contributed by atoms with van der Waals surface area (Å²) in [5, 5.41) is 1.74. The van der Waals surface area contributed by atoms with E-state index < -0.39 is 6.17 Å². The van der Waals surface area contributed by atoms with Gasteiger partial charge in [0, 0.05) is 62.4 Å². The van der Waals surface area contributed by atoms with E-state index in [1.54, 1.807) is 13.2 Å². The minimum atomic E-state index is -0.858. The molecule has 0 radical (unpaired) electrons. The van der Waals surface area contributed by atoms with Crippen molar-refractivity contribution in [2.24, 2.45) is 5.92 Å². The molecule has 7 rings (SSSR count). The highest BCUT2D eigenvalue weighted by atomic mass is 19.1. The van der Waals surface area contributed by atoms with E-state index in [0.717, 1.165) is 52.9 Å². The Morgan fingerprint density at radius 3 is 2.77 bits per heavy atom. The van der Waals surface area contributed by atoms with E-state index in [0.29, 0.717) is 76.3 Å². The molecule has 0 saturated carbocycles. The summed E-state index contributed by atoms with van der Waals surface area (Å²) in [7, 11) is 2.99. The first-order chi connectivity index (χ1) is 22.8. The van der Waals surface area contributed by atoms with Gasteiger partial charge in [-0.3, -0.25) is 9.69 Å². The predicted molar refractivity (Wildman–Crippen MR) is 173 cm³/mol. The minimum Gasteiger partial charge on any atom is -0.469 e. The van der Waals surface area contributed by atoms with E-state index in [1.165, 1.54) is 13.2 Å². The van der Waals surface area contributed by atoms with Gasteiger partial charge < -0.3 is 28.7 Å². The van der Waals surface area contributed by atoms with Crippen LogP contribution in [0.25, 0.3) is 10.8 Å². The first-order valence-corrected chi connectivity index (χ1v) is 16.7. The first-order valence-electron chi connectivity index (χ1n) is 16.7. The molecule has 0 N–H and O–H groups in total. The molecule has 0 aliphatic carbocycles. The van der Waals surface area contributed by atoms with Crippen molar-refractivity contribution in [3.05, 3.63) is 46.9 Å². The number of aryl methyl sites for hydroxylation is 1. The molecule has 3 atom stereocenters. The Kier molecular flexibility index (Phi) is 8.82. The lowest BCUT2D eigenvalue weighted by Gasteiger charge is -2.34. The van der Waals surface area contributed by atoms with Crippen LogP contribution in [0.3, 0.4) is 0 Å². The highest BCUT2D eigenvalue weighted by Gasteiger charge is 2.49. The summed E-state index contributed by atoms with van der Waals surface area (Å²) in [4.78, 5) is 28.9. The number of ether oxygens (including phenoxy) is 4. The van der Waals surface area contributed by atoms with Crippen LogP contribution in [0.5, 0.6) is 11.8 Å². The SMILES string of the molecule is CCc1c(F)ccc2cc(OCOC)cc(N3CCc4c(nc(OC[C@@]56CCCN5C[C@H](F)C6)nc4N4CCC(C(=O)OC)C4)C3)c12. The number of methoxy groups -OCH3 is 2. The van der Waals surface area contributed by atoms with E-state index in [-0.39, 0.29) is 36.0 Å². The van der Waals surface area contributed by atoms with E-state index in [4.69, 9.17) is 28.9 Å². The monoisotopic (exact) mass is 651 g/mol. The van der Waals surface area contributed by atoms with E-state index in [1.807, 2.05) is 19.1 Å². The van der Waals surface area contributed by atoms with Crippen LogP contribution in [0.15, 0.2) is 24.3 Å². The van der Waals surface area contributed by atoms with Crippen LogP contribution in [-0.4, -0.2) is 92.9 Å². The smallest absolute Gasteiger partial charge is 0.318 e. The molecule has 0 spiro atoms. The second kappa shape index (κ2) is 13.0. The number of benzene rings is 2. The number of hydrogen-bond donors (Lipinski definition) is 0. The maximum Gasteiger partial charge on any atom is 0.318 e. The Morgan fingerprint density at radius 1 is 1.09 bits per heavy atom. The van der Waals surface area contributed by atoms with Gasteiger partial charge >= 0.3 is 12.0 Å². The molecule has 12 heteroatoms. The third kappa shape index (κ3) is 5.94. The van der Waals surface area contributed by atoms with Gasteiger partial charge in [-0.15, -0.1) is 0 Å².